The van der Waals surface area contributed by atoms with Gasteiger partial charge in [0.05, 0.1) is 33.5 Å². The van der Waals surface area contributed by atoms with Crippen LogP contribution >= 0.6 is 7.60 Å². The quantitative estimate of drug-likeness (QED) is 0.540. The number of ether oxygens (including phenoxy) is 2. The normalized spacial score (nSPS) is 17.0. The van der Waals surface area contributed by atoms with Gasteiger partial charge in [0.2, 0.25) is 0 Å². The molecule has 0 amide bonds. The highest BCUT2D eigenvalue weighted by Crippen LogP contribution is 2.51. The highest BCUT2D eigenvalue weighted by Gasteiger charge is 2.36. The Labute approximate surface area is 173 Å². The highest BCUT2D eigenvalue weighted by molar-refractivity contribution is 7.53. The maximum atomic E-state index is 13.3. The Morgan fingerprint density at radius 1 is 1.00 bits per heavy atom. The molecule has 7 heteroatoms. The monoisotopic (exact) mass is 419 g/mol. The molecule has 2 aromatic rings. The molecule has 0 spiro atoms. The molecule has 1 atom stereocenters. The third-order valence-electron chi connectivity index (χ3n) is 5.10. The second-order valence-electron chi connectivity index (χ2n) is 6.87. The molecule has 0 N–H and O–H groups in total. The van der Waals surface area contributed by atoms with Crippen LogP contribution in [0, 0.1) is 0 Å². The molecule has 158 valence electrons. The van der Waals surface area contributed by atoms with Gasteiger partial charge in [-0.15, -0.1) is 0 Å². The predicted octanol–water partition coefficient (Wildman–Crippen LogP) is 4.87. The zero-order chi connectivity index (χ0) is 20.9. The number of nitrogens with zero attached hydrogens (tertiary/aromatic N) is 1. The average Bonchev–Trinajstić information content (AvgIpc) is 2.73. The number of benzene rings is 2. The summed E-state index contributed by atoms with van der Waals surface area (Å²) in [6.45, 7) is 5.11. The predicted molar refractivity (Wildman–Crippen MR) is 114 cm³/mol. The smallest absolute Gasteiger partial charge is 0.344 e. The van der Waals surface area contributed by atoms with Crippen LogP contribution in [0.25, 0.3) is 0 Å². The zero-order valence-electron chi connectivity index (χ0n) is 17.6. The van der Waals surface area contributed by atoms with Crippen LogP contribution in [0.15, 0.2) is 42.5 Å². The van der Waals surface area contributed by atoms with Crippen molar-refractivity contribution >= 4 is 7.60 Å². The van der Waals surface area contributed by atoms with Crippen LogP contribution in [0.2, 0.25) is 0 Å². The van der Waals surface area contributed by atoms with Crippen molar-refractivity contribution in [3.8, 4) is 11.5 Å². The molecule has 0 fully saturated rings. The van der Waals surface area contributed by atoms with E-state index in [2.05, 4.69) is 17.0 Å². The lowest BCUT2D eigenvalue weighted by atomic mass is 9.88. The van der Waals surface area contributed by atoms with Crippen molar-refractivity contribution in [1.29, 1.82) is 0 Å². The summed E-state index contributed by atoms with van der Waals surface area (Å²) in [4.78, 5) is 2.19. The van der Waals surface area contributed by atoms with E-state index in [1.54, 1.807) is 14.2 Å². The van der Waals surface area contributed by atoms with Crippen LogP contribution < -0.4 is 9.47 Å². The second-order valence-corrected chi connectivity index (χ2v) is 8.89. The SMILES string of the molecule is CCOP(=O)(CN1CCc2cc(OC)c(OC)cc2C1c1ccccc1)OCC. The average molecular weight is 419 g/mol. The van der Waals surface area contributed by atoms with E-state index in [1.165, 1.54) is 5.56 Å². The zero-order valence-corrected chi connectivity index (χ0v) is 18.5. The molecule has 1 heterocycles. The van der Waals surface area contributed by atoms with Crippen LogP contribution in [0.3, 0.4) is 0 Å². The third kappa shape index (κ3) is 4.84. The lowest BCUT2D eigenvalue weighted by Gasteiger charge is -2.39. The van der Waals surface area contributed by atoms with E-state index in [9.17, 15) is 4.57 Å². The molecule has 0 aromatic heterocycles. The van der Waals surface area contributed by atoms with Gasteiger partial charge < -0.3 is 18.5 Å². The first kappa shape index (κ1) is 21.8. The maximum absolute atomic E-state index is 13.3. The van der Waals surface area contributed by atoms with Gasteiger partial charge in [0.1, 0.15) is 6.29 Å². The number of fused-ring (bicyclic) bond motifs is 1. The Bertz CT molecular complexity index is 848. The minimum absolute atomic E-state index is 0.0750. The van der Waals surface area contributed by atoms with Crippen molar-refractivity contribution in [3.05, 3.63) is 59.2 Å². The third-order valence-corrected chi connectivity index (χ3v) is 7.11. The lowest BCUT2D eigenvalue weighted by Crippen LogP contribution is -2.37. The summed E-state index contributed by atoms with van der Waals surface area (Å²) in [6.07, 6.45) is 1.05. The minimum atomic E-state index is -3.22. The molecule has 1 aliphatic rings. The first-order valence-electron chi connectivity index (χ1n) is 9.97. The van der Waals surface area contributed by atoms with Gasteiger partial charge in [0, 0.05) is 6.54 Å². The minimum Gasteiger partial charge on any atom is -0.493 e. The van der Waals surface area contributed by atoms with Crippen molar-refractivity contribution in [1.82, 2.24) is 4.90 Å². The highest BCUT2D eigenvalue weighted by atomic mass is 31.2. The summed E-state index contributed by atoms with van der Waals surface area (Å²) in [5, 5.41) is 0. The van der Waals surface area contributed by atoms with Crippen LogP contribution in [-0.2, 0) is 20.0 Å². The van der Waals surface area contributed by atoms with Gasteiger partial charge in [-0.2, -0.15) is 0 Å². The van der Waals surface area contributed by atoms with Gasteiger partial charge in [-0.1, -0.05) is 30.3 Å². The van der Waals surface area contributed by atoms with Crippen LogP contribution in [0.4, 0.5) is 0 Å². The Kier molecular flexibility index (Phi) is 7.36. The molecular formula is C22H30NO5P. The first-order valence-corrected chi connectivity index (χ1v) is 11.7. The lowest BCUT2D eigenvalue weighted by molar-refractivity contribution is 0.178. The number of hydrogen-bond acceptors (Lipinski definition) is 6. The molecule has 0 saturated carbocycles. The van der Waals surface area contributed by atoms with E-state index in [-0.39, 0.29) is 12.3 Å². The molecule has 0 bridgehead atoms. The summed E-state index contributed by atoms with van der Waals surface area (Å²) in [5.74, 6) is 1.41. The molecule has 29 heavy (non-hydrogen) atoms. The molecule has 6 nitrogen and oxygen atoms in total. The van der Waals surface area contributed by atoms with Crippen LogP contribution in [0.5, 0.6) is 11.5 Å². The van der Waals surface area contributed by atoms with Crippen molar-refractivity contribution in [2.24, 2.45) is 0 Å². The van der Waals surface area contributed by atoms with Gasteiger partial charge in [-0.05, 0) is 49.1 Å². The maximum Gasteiger partial charge on any atom is 0.344 e. The Morgan fingerprint density at radius 2 is 1.62 bits per heavy atom. The molecule has 0 saturated heterocycles. The Hall–Kier alpha value is -1.85. The van der Waals surface area contributed by atoms with Crippen molar-refractivity contribution in [2.75, 3.05) is 40.3 Å². The van der Waals surface area contributed by atoms with Gasteiger partial charge in [0.25, 0.3) is 0 Å². The summed E-state index contributed by atoms with van der Waals surface area (Å²) in [7, 11) is 0.0653. The van der Waals surface area contributed by atoms with E-state index < -0.39 is 7.60 Å². The topological polar surface area (TPSA) is 57.2 Å². The summed E-state index contributed by atoms with van der Waals surface area (Å²) >= 11 is 0. The van der Waals surface area contributed by atoms with Crippen LogP contribution in [-0.4, -0.2) is 45.2 Å². The summed E-state index contributed by atoms with van der Waals surface area (Å²) in [5.41, 5.74) is 3.45. The van der Waals surface area contributed by atoms with Crippen molar-refractivity contribution < 1.29 is 23.1 Å². The molecule has 0 aliphatic carbocycles. The van der Waals surface area contributed by atoms with Gasteiger partial charge in [-0.25, -0.2) is 0 Å². The molecule has 0 radical (unpaired) electrons. The summed E-state index contributed by atoms with van der Waals surface area (Å²) < 4.78 is 35.5. The van der Waals surface area contributed by atoms with Gasteiger partial charge in [0.15, 0.2) is 11.5 Å². The number of methoxy groups -OCH3 is 2. The molecule has 3 rings (SSSR count). The van der Waals surface area contributed by atoms with Crippen molar-refractivity contribution in [2.45, 2.75) is 26.3 Å². The second kappa shape index (κ2) is 9.77. The Morgan fingerprint density at radius 3 is 2.21 bits per heavy atom. The fraction of sp³-hybridized carbons (Fsp3) is 0.455. The van der Waals surface area contributed by atoms with Gasteiger partial charge >= 0.3 is 7.60 Å². The summed E-state index contributed by atoms with van der Waals surface area (Å²) in [6, 6.07) is 14.2. The van der Waals surface area contributed by atoms with E-state index in [0.29, 0.717) is 19.0 Å². The molecule has 2 aromatic carbocycles. The standard InChI is InChI=1S/C22H30NO5P/c1-5-27-29(24,28-6-2)16-23-13-12-18-14-20(25-3)21(26-4)15-19(18)22(23)17-10-8-7-9-11-17/h7-11,14-15,22H,5-6,12-13,16H2,1-4H3. The van der Waals surface area contributed by atoms with E-state index in [4.69, 9.17) is 18.5 Å². The number of rotatable bonds is 9. The molecular weight excluding hydrogens is 389 g/mol. The fourth-order valence-corrected chi connectivity index (χ4v) is 5.68. The number of hydrogen-bond donors (Lipinski definition) is 0. The van der Waals surface area contributed by atoms with Crippen molar-refractivity contribution in [3.63, 3.8) is 0 Å². The van der Waals surface area contributed by atoms with E-state index in [1.807, 2.05) is 44.2 Å². The van der Waals surface area contributed by atoms with E-state index >= 15 is 0 Å². The Balaban J connectivity index is 2.06. The molecule has 1 aliphatic heterocycles. The van der Waals surface area contributed by atoms with Gasteiger partial charge in [-0.3, -0.25) is 9.46 Å². The largest absolute Gasteiger partial charge is 0.493 e. The first-order chi connectivity index (χ1) is 14.0. The van der Waals surface area contributed by atoms with E-state index in [0.717, 1.165) is 29.8 Å². The van der Waals surface area contributed by atoms with Crippen LogP contribution in [0.1, 0.15) is 36.6 Å². The molecule has 1 unspecified atom stereocenters. The fourth-order valence-electron chi connectivity index (χ4n) is 3.91.